The standard InChI is InChI=1S/C19H22N2S/c1-5-19(3,4)11-10-17(12-20)15-6-8-16(9-7-15)18-14(2)21-13-22-18/h5-9,13,17H,1,10-11H2,2-4H3. The lowest BCUT2D eigenvalue weighted by molar-refractivity contribution is 0.414. The first-order chi connectivity index (χ1) is 10.5. The van der Waals surface area contributed by atoms with Crippen LogP contribution < -0.4 is 0 Å². The number of hydrogen-bond acceptors (Lipinski definition) is 3. The van der Waals surface area contributed by atoms with Crippen molar-refractivity contribution in [3.63, 3.8) is 0 Å². The molecular formula is C19H22N2S. The SMILES string of the molecule is C=CC(C)(C)CCC(C#N)c1ccc(-c2scnc2C)cc1. The first kappa shape index (κ1) is 16.5. The van der Waals surface area contributed by atoms with Crippen LogP contribution in [0.3, 0.4) is 0 Å². The van der Waals surface area contributed by atoms with Crippen molar-refractivity contribution in [3.05, 3.63) is 53.7 Å². The second kappa shape index (κ2) is 6.89. The lowest BCUT2D eigenvalue weighted by Gasteiger charge is -2.21. The number of allylic oxidation sites excluding steroid dienone is 1. The molecule has 2 aromatic rings. The molecule has 0 aliphatic heterocycles. The molecule has 0 fully saturated rings. The van der Waals surface area contributed by atoms with Gasteiger partial charge in [0.25, 0.3) is 0 Å². The molecule has 1 heterocycles. The third-order valence-electron chi connectivity index (χ3n) is 4.11. The molecule has 3 heteroatoms. The topological polar surface area (TPSA) is 36.7 Å². The molecule has 2 rings (SSSR count). The first-order valence-electron chi connectivity index (χ1n) is 7.50. The Morgan fingerprint density at radius 2 is 2.05 bits per heavy atom. The number of nitrogens with zero attached hydrogens (tertiary/aromatic N) is 2. The number of rotatable bonds is 6. The van der Waals surface area contributed by atoms with Crippen LogP contribution in [0.1, 0.15) is 43.9 Å². The summed E-state index contributed by atoms with van der Waals surface area (Å²) in [6.07, 6.45) is 3.79. The smallest absolute Gasteiger partial charge is 0.0801 e. The summed E-state index contributed by atoms with van der Waals surface area (Å²) in [6, 6.07) is 10.8. The van der Waals surface area contributed by atoms with E-state index in [1.165, 1.54) is 10.4 Å². The Morgan fingerprint density at radius 1 is 1.36 bits per heavy atom. The van der Waals surface area contributed by atoms with Gasteiger partial charge in [0.15, 0.2) is 0 Å². The van der Waals surface area contributed by atoms with Crippen LogP contribution in [0.4, 0.5) is 0 Å². The third kappa shape index (κ3) is 3.84. The second-order valence-corrected chi connectivity index (χ2v) is 7.16. The molecule has 0 N–H and O–H groups in total. The number of hydrogen-bond donors (Lipinski definition) is 0. The third-order valence-corrected chi connectivity index (χ3v) is 5.08. The highest BCUT2D eigenvalue weighted by molar-refractivity contribution is 7.13. The normalized spacial score (nSPS) is 12.6. The summed E-state index contributed by atoms with van der Waals surface area (Å²) >= 11 is 1.65. The van der Waals surface area contributed by atoms with E-state index in [-0.39, 0.29) is 11.3 Å². The molecule has 0 saturated heterocycles. The Bertz CT molecular complexity index is 674. The molecule has 2 nitrogen and oxygen atoms in total. The van der Waals surface area contributed by atoms with E-state index >= 15 is 0 Å². The minimum absolute atomic E-state index is 0.0594. The van der Waals surface area contributed by atoms with Crippen molar-refractivity contribution < 1.29 is 0 Å². The number of aryl methyl sites for hydroxylation is 1. The van der Waals surface area contributed by atoms with Crippen LogP contribution in [0.25, 0.3) is 10.4 Å². The molecule has 1 aromatic carbocycles. The maximum Gasteiger partial charge on any atom is 0.0801 e. The summed E-state index contributed by atoms with van der Waals surface area (Å²) < 4.78 is 0. The van der Waals surface area contributed by atoms with Gasteiger partial charge in [0.05, 0.1) is 28.1 Å². The average Bonchev–Trinajstić information content (AvgIpc) is 2.94. The van der Waals surface area contributed by atoms with Crippen LogP contribution in [-0.2, 0) is 0 Å². The minimum atomic E-state index is -0.0594. The average molecular weight is 310 g/mol. The fourth-order valence-corrected chi connectivity index (χ4v) is 3.18. The molecule has 0 amide bonds. The van der Waals surface area contributed by atoms with E-state index in [2.05, 4.69) is 55.7 Å². The highest BCUT2D eigenvalue weighted by Gasteiger charge is 2.18. The number of benzene rings is 1. The molecule has 1 unspecified atom stereocenters. The van der Waals surface area contributed by atoms with Crippen LogP contribution in [0.5, 0.6) is 0 Å². The molecule has 0 aliphatic rings. The maximum absolute atomic E-state index is 9.46. The van der Waals surface area contributed by atoms with E-state index in [0.29, 0.717) is 0 Å². The van der Waals surface area contributed by atoms with Gasteiger partial charge in [-0.15, -0.1) is 17.9 Å². The van der Waals surface area contributed by atoms with E-state index < -0.39 is 0 Å². The number of thiazole rings is 1. The quantitative estimate of drug-likeness (QED) is 0.640. The van der Waals surface area contributed by atoms with Crippen LogP contribution in [0.15, 0.2) is 42.4 Å². The largest absolute Gasteiger partial charge is 0.249 e. The van der Waals surface area contributed by atoms with Gasteiger partial charge in [0.1, 0.15) is 0 Å². The lowest BCUT2D eigenvalue weighted by atomic mass is 9.83. The van der Waals surface area contributed by atoms with E-state index in [0.717, 1.165) is 24.1 Å². The minimum Gasteiger partial charge on any atom is -0.249 e. The highest BCUT2D eigenvalue weighted by Crippen LogP contribution is 2.32. The summed E-state index contributed by atoms with van der Waals surface area (Å²) in [4.78, 5) is 5.49. The zero-order valence-corrected chi connectivity index (χ0v) is 14.3. The van der Waals surface area contributed by atoms with Gasteiger partial charge in [-0.05, 0) is 36.3 Å². The zero-order chi connectivity index (χ0) is 16.2. The van der Waals surface area contributed by atoms with Crippen molar-refractivity contribution in [2.45, 2.75) is 39.5 Å². The Balaban J connectivity index is 2.13. The first-order valence-corrected chi connectivity index (χ1v) is 8.38. The Labute approximate surface area is 137 Å². The van der Waals surface area contributed by atoms with E-state index in [4.69, 9.17) is 0 Å². The monoisotopic (exact) mass is 310 g/mol. The molecule has 0 saturated carbocycles. The summed E-state index contributed by atoms with van der Waals surface area (Å²) in [5.41, 5.74) is 5.27. The fraction of sp³-hybridized carbons (Fsp3) is 0.368. The predicted octanol–water partition coefficient (Wildman–Crippen LogP) is 5.72. The lowest BCUT2D eigenvalue weighted by Crippen LogP contribution is -2.09. The van der Waals surface area contributed by atoms with Gasteiger partial charge >= 0.3 is 0 Å². The molecule has 1 aromatic heterocycles. The summed E-state index contributed by atoms with van der Waals surface area (Å²) in [6.45, 7) is 10.2. The van der Waals surface area contributed by atoms with Gasteiger partial charge in [-0.3, -0.25) is 0 Å². The van der Waals surface area contributed by atoms with Gasteiger partial charge in [0.2, 0.25) is 0 Å². The maximum atomic E-state index is 9.46. The van der Waals surface area contributed by atoms with Crippen molar-refractivity contribution in [1.29, 1.82) is 5.26 Å². The molecule has 0 aliphatic carbocycles. The fourth-order valence-electron chi connectivity index (χ4n) is 2.37. The molecular weight excluding hydrogens is 288 g/mol. The zero-order valence-electron chi connectivity index (χ0n) is 13.5. The Hall–Kier alpha value is -1.92. The Morgan fingerprint density at radius 3 is 2.55 bits per heavy atom. The number of nitriles is 1. The predicted molar refractivity (Wildman–Crippen MR) is 93.9 cm³/mol. The van der Waals surface area contributed by atoms with E-state index in [9.17, 15) is 5.26 Å². The van der Waals surface area contributed by atoms with Gasteiger partial charge in [-0.1, -0.05) is 44.2 Å². The summed E-state index contributed by atoms with van der Waals surface area (Å²) in [5, 5.41) is 9.46. The molecule has 1 atom stereocenters. The summed E-state index contributed by atoms with van der Waals surface area (Å²) in [7, 11) is 0. The van der Waals surface area contributed by atoms with E-state index in [1.807, 2.05) is 18.5 Å². The molecule has 114 valence electrons. The van der Waals surface area contributed by atoms with Gasteiger partial charge < -0.3 is 0 Å². The van der Waals surface area contributed by atoms with Crippen LogP contribution >= 0.6 is 11.3 Å². The van der Waals surface area contributed by atoms with Crippen LogP contribution in [0.2, 0.25) is 0 Å². The summed E-state index contributed by atoms with van der Waals surface area (Å²) in [5.74, 6) is -0.0594. The van der Waals surface area contributed by atoms with Crippen molar-refractivity contribution in [2.24, 2.45) is 5.41 Å². The molecule has 0 spiro atoms. The van der Waals surface area contributed by atoms with Crippen LogP contribution in [0, 0.1) is 23.7 Å². The molecule has 0 bridgehead atoms. The molecule has 22 heavy (non-hydrogen) atoms. The van der Waals surface area contributed by atoms with Gasteiger partial charge in [-0.25, -0.2) is 4.98 Å². The van der Waals surface area contributed by atoms with Gasteiger partial charge in [0, 0.05) is 0 Å². The van der Waals surface area contributed by atoms with Crippen molar-refractivity contribution >= 4 is 11.3 Å². The van der Waals surface area contributed by atoms with E-state index in [1.54, 1.807) is 11.3 Å². The van der Waals surface area contributed by atoms with Crippen molar-refractivity contribution in [1.82, 2.24) is 4.98 Å². The van der Waals surface area contributed by atoms with Gasteiger partial charge in [-0.2, -0.15) is 5.26 Å². The highest BCUT2D eigenvalue weighted by atomic mass is 32.1. The Kier molecular flexibility index (Phi) is 5.15. The van der Waals surface area contributed by atoms with Crippen molar-refractivity contribution in [3.8, 4) is 16.5 Å². The van der Waals surface area contributed by atoms with Crippen molar-refractivity contribution in [2.75, 3.05) is 0 Å². The number of aromatic nitrogens is 1. The molecule has 0 radical (unpaired) electrons. The second-order valence-electron chi connectivity index (χ2n) is 6.30. The van der Waals surface area contributed by atoms with Crippen LogP contribution in [-0.4, -0.2) is 4.98 Å².